The lowest BCUT2D eigenvalue weighted by molar-refractivity contribution is -0.116. The van der Waals surface area contributed by atoms with E-state index >= 15 is 0 Å². The van der Waals surface area contributed by atoms with E-state index in [-0.39, 0.29) is 5.91 Å². The van der Waals surface area contributed by atoms with Crippen LogP contribution in [0.1, 0.15) is 23.6 Å². The zero-order valence-corrected chi connectivity index (χ0v) is 18.2. The van der Waals surface area contributed by atoms with Gasteiger partial charge in [0.1, 0.15) is 0 Å². The van der Waals surface area contributed by atoms with E-state index in [4.69, 9.17) is 0 Å². The molecule has 0 aliphatic carbocycles. The summed E-state index contributed by atoms with van der Waals surface area (Å²) in [4.78, 5) is 20.3. The number of carbonyl (C=O) groups is 1. The second kappa shape index (κ2) is 11.2. The number of nitrogens with zero attached hydrogens (tertiary/aromatic N) is 3. The highest BCUT2D eigenvalue weighted by atomic mass is 16.2. The summed E-state index contributed by atoms with van der Waals surface area (Å²) in [6.45, 7) is 3.93. The lowest BCUT2D eigenvalue weighted by Crippen LogP contribution is -2.38. The normalized spacial score (nSPS) is 11.4. The highest BCUT2D eigenvalue weighted by molar-refractivity contribution is 5.92. The predicted molar refractivity (Wildman–Crippen MR) is 121 cm³/mol. The van der Waals surface area contributed by atoms with Gasteiger partial charge in [0.05, 0.1) is 6.54 Å². The minimum atomic E-state index is -0.0234. The van der Waals surface area contributed by atoms with Crippen molar-refractivity contribution in [2.45, 2.75) is 26.4 Å². The molecule has 0 atom stereocenters. The van der Waals surface area contributed by atoms with E-state index in [2.05, 4.69) is 51.7 Å². The maximum Gasteiger partial charge on any atom is 0.238 e. The third-order valence-corrected chi connectivity index (χ3v) is 4.55. The smallest absolute Gasteiger partial charge is 0.238 e. The van der Waals surface area contributed by atoms with E-state index in [0.29, 0.717) is 13.1 Å². The van der Waals surface area contributed by atoms with E-state index in [9.17, 15) is 4.79 Å². The Morgan fingerprint density at radius 3 is 2.31 bits per heavy atom. The Balaban J connectivity index is 1.92. The van der Waals surface area contributed by atoms with E-state index in [1.807, 2.05) is 50.3 Å². The number of carbonyl (C=O) groups excluding carboxylic acids is 1. The Morgan fingerprint density at radius 1 is 1.00 bits per heavy atom. The van der Waals surface area contributed by atoms with Crippen molar-refractivity contribution in [1.29, 1.82) is 0 Å². The second-order valence-corrected chi connectivity index (χ2v) is 7.41. The van der Waals surface area contributed by atoms with Gasteiger partial charge in [0.2, 0.25) is 5.91 Å². The van der Waals surface area contributed by atoms with Gasteiger partial charge >= 0.3 is 0 Å². The molecule has 1 amide bonds. The van der Waals surface area contributed by atoms with Crippen LogP contribution in [0.2, 0.25) is 0 Å². The number of guanidine groups is 1. The summed E-state index contributed by atoms with van der Waals surface area (Å²) in [5, 5.41) is 6.33. The largest absolute Gasteiger partial charge is 0.352 e. The maximum absolute atomic E-state index is 12.0. The summed E-state index contributed by atoms with van der Waals surface area (Å²) in [7, 11) is 7.57. The lowest BCUT2D eigenvalue weighted by atomic mass is 10.1. The van der Waals surface area contributed by atoms with Gasteiger partial charge in [0.25, 0.3) is 0 Å². The fraction of sp³-hybridized carbons (Fsp3) is 0.391. The van der Waals surface area contributed by atoms with Gasteiger partial charge in [0.15, 0.2) is 5.96 Å². The van der Waals surface area contributed by atoms with Crippen molar-refractivity contribution in [3.63, 3.8) is 0 Å². The number of rotatable bonds is 8. The van der Waals surface area contributed by atoms with Gasteiger partial charge in [-0.05, 0) is 49.3 Å². The number of nitrogens with one attached hydrogen (secondary N) is 2. The first-order valence-corrected chi connectivity index (χ1v) is 9.94. The summed E-state index contributed by atoms with van der Waals surface area (Å²) < 4.78 is 0. The molecule has 0 saturated carbocycles. The molecule has 2 rings (SSSR count). The van der Waals surface area contributed by atoms with E-state index < -0.39 is 0 Å². The summed E-state index contributed by atoms with van der Waals surface area (Å²) in [6.07, 6.45) is 1.05. The number of hydrogen-bond acceptors (Lipinski definition) is 3. The molecule has 0 aliphatic heterocycles. The Hall–Kier alpha value is -2.86. The molecular weight excluding hydrogens is 362 g/mol. The first-order valence-electron chi connectivity index (χ1n) is 9.94. The number of aliphatic imine (C=N–C) groups is 1. The quantitative estimate of drug-likeness (QED) is 0.533. The van der Waals surface area contributed by atoms with Gasteiger partial charge in [-0.15, -0.1) is 0 Å². The number of benzene rings is 2. The second-order valence-electron chi connectivity index (χ2n) is 7.41. The molecule has 0 saturated heterocycles. The Labute approximate surface area is 174 Å². The van der Waals surface area contributed by atoms with Gasteiger partial charge in [-0.25, -0.2) is 0 Å². The molecule has 0 fully saturated rings. The topological polar surface area (TPSA) is 60.0 Å². The lowest BCUT2D eigenvalue weighted by Gasteiger charge is -2.22. The van der Waals surface area contributed by atoms with Crippen LogP contribution in [0.3, 0.4) is 0 Å². The van der Waals surface area contributed by atoms with Crippen molar-refractivity contribution < 1.29 is 4.79 Å². The summed E-state index contributed by atoms with van der Waals surface area (Å²) >= 11 is 0. The average molecular weight is 396 g/mol. The Bertz CT molecular complexity index is 814. The number of likely N-dealkylation sites (N-methyl/N-ethyl adjacent to an activating group) is 1. The van der Waals surface area contributed by atoms with Crippen LogP contribution in [-0.4, -0.2) is 56.4 Å². The third-order valence-electron chi connectivity index (χ3n) is 4.55. The molecule has 0 spiro atoms. The molecule has 0 aromatic heterocycles. The van der Waals surface area contributed by atoms with Crippen LogP contribution in [0, 0.1) is 0 Å². The van der Waals surface area contributed by atoms with E-state index in [1.165, 1.54) is 11.1 Å². The predicted octanol–water partition coefficient (Wildman–Crippen LogP) is 2.96. The highest BCUT2D eigenvalue weighted by Crippen LogP contribution is 2.11. The van der Waals surface area contributed by atoms with Crippen molar-refractivity contribution in [3.8, 4) is 0 Å². The van der Waals surface area contributed by atoms with Crippen LogP contribution in [0.25, 0.3) is 0 Å². The van der Waals surface area contributed by atoms with E-state index in [0.717, 1.165) is 30.2 Å². The Kier molecular flexibility index (Phi) is 8.68. The number of aryl methyl sites for hydroxylation is 1. The zero-order valence-electron chi connectivity index (χ0n) is 18.2. The van der Waals surface area contributed by atoms with Crippen LogP contribution in [0.4, 0.5) is 5.69 Å². The highest BCUT2D eigenvalue weighted by Gasteiger charge is 2.08. The molecule has 29 heavy (non-hydrogen) atoms. The number of anilines is 1. The fourth-order valence-corrected chi connectivity index (χ4v) is 3.04. The van der Waals surface area contributed by atoms with Crippen molar-refractivity contribution in [1.82, 2.24) is 15.1 Å². The first-order chi connectivity index (χ1) is 13.9. The molecule has 0 bridgehead atoms. The molecule has 0 heterocycles. The van der Waals surface area contributed by atoms with Crippen LogP contribution in [-0.2, 0) is 24.3 Å². The monoisotopic (exact) mass is 395 g/mol. The molecule has 6 heteroatoms. The van der Waals surface area contributed by atoms with Crippen molar-refractivity contribution in [2.24, 2.45) is 4.99 Å². The van der Waals surface area contributed by atoms with Crippen molar-refractivity contribution in [2.75, 3.05) is 40.1 Å². The first kappa shape index (κ1) is 22.4. The summed E-state index contributed by atoms with van der Waals surface area (Å²) in [6, 6.07) is 16.6. The number of hydrogen-bond donors (Lipinski definition) is 2. The van der Waals surface area contributed by atoms with Crippen molar-refractivity contribution >= 4 is 17.6 Å². The minimum absolute atomic E-state index is 0.0234. The van der Waals surface area contributed by atoms with Gasteiger partial charge in [-0.1, -0.05) is 43.3 Å². The van der Waals surface area contributed by atoms with Gasteiger partial charge in [-0.2, -0.15) is 0 Å². The van der Waals surface area contributed by atoms with E-state index in [1.54, 1.807) is 7.05 Å². The van der Waals surface area contributed by atoms with Crippen molar-refractivity contribution in [3.05, 3.63) is 65.2 Å². The van der Waals surface area contributed by atoms with Gasteiger partial charge < -0.3 is 20.4 Å². The molecule has 0 aliphatic rings. The summed E-state index contributed by atoms with van der Waals surface area (Å²) in [5.74, 6) is 0.802. The van der Waals surface area contributed by atoms with Crippen LogP contribution >= 0.6 is 0 Å². The van der Waals surface area contributed by atoms with Gasteiger partial charge in [-0.3, -0.25) is 9.79 Å². The number of amides is 1. The zero-order chi connectivity index (χ0) is 21.2. The SMILES string of the molecule is CCc1ccc(CN(C)C(=NC)NCc2cccc(NC(=O)CN(C)C)c2)cc1. The average Bonchev–Trinajstić information content (AvgIpc) is 2.68. The maximum atomic E-state index is 12.0. The fourth-order valence-electron chi connectivity index (χ4n) is 3.04. The standard InChI is InChI=1S/C23H33N5O/c1-6-18-10-12-19(13-11-18)16-28(5)23(24-2)25-15-20-8-7-9-21(14-20)26-22(29)17-27(3)4/h7-14H,6,15-17H2,1-5H3,(H,24,25)(H,26,29). The molecule has 2 N–H and O–H groups in total. The molecule has 156 valence electrons. The van der Waals surface area contributed by atoms with Crippen LogP contribution < -0.4 is 10.6 Å². The third kappa shape index (κ3) is 7.58. The van der Waals surface area contributed by atoms with Crippen LogP contribution in [0.5, 0.6) is 0 Å². The molecular formula is C23H33N5O. The molecule has 0 unspecified atom stereocenters. The van der Waals surface area contributed by atoms with Gasteiger partial charge in [0, 0.05) is 32.9 Å². The minimum Gasteiger partial charge on any atom is -0.352 e. The summed E-state index contributed by atoms with van der Waals surface area (Å²) in [5.41, 5.74) is 4.47. The van der Waals surface area contributed by atoms with Crippen LogP contribution in [0.15, 0.2) is 53.5 Å². The Morgan fingerprint density at radius 2 is 1.69 bits per heavy atom. The molecule has 2 aromatic rings. The molecule has 0 radical (unpaired) electrons. The molecule has 6 nitrogen and oxygen atoms in total. The molecule has 2 aromatic carbocycles.